The molecule has 4 nitrogen and oxygen atoms in total. The maximum absolute atomic E-state index is 12.8. The average Bonchev–Trinajstić information content (AvgIpc) is 2.65. The number of carbonyl (C=O) groups is 1. The van der Waals surface area contributed by atoms with Gasteiger partial charge in [-0.1, -0.05) is 36.4 Å². The molecule has 0 aromatic heterocycles. The highest BCUT2D eigenvalue weighted by Gasteiger charge is 2.33. The Balaban J connectivity index is 2.00. The smallest absolute Gasteiger partial charge is 0.252 e. The lowest BCUT2D eigenvalue weighted by Gasteiger charge is -2.38. The monoisotopic (exact) mass is 325 g/mol. The van der Waals surface area contributed by atoms with E-state index in [-0.39, 0.29) is 11.9 Å². The molecule has 1 amide bonds. The van der Waals surface area contributed by atoms with Crippen LogP contribution >= 0.6 is 0 Å². The molecule has 0 N–H and O–H groups in total. The molecule has 3 rings (SSSR count). The summed E-state index contributed by atoms with van der Waals surface area (Å²) in [5, 5.41) is 0. The van der Waals surface area contributed by atoms with Crippen molar-refractivity contribution in [1.29, 1.82) is 0 Å². The van der Waals surface area contributed by atoms with E-state index in [0.717, 1.165) is 23.3 Å². The first kappa shape index (κ1) is 16.5. The van der Waals surface area contributed by atoms with Crippen molar-refractivity contribution in [3.8, 4) is 5.75 Å². The standard InChI is InChI=1S/C20H23NO3/c1-14(23-2)20(22)21-13-17-11-18(24-3)10-9-16(17)12-19(21)15-7-5-4-6-8-15/h4-11,14,19H,12-13H2,1-3H3/t14-,19+/m0/s1. The van der Waals surface area contributed by atoms with Gasteiger partial charge in [0, 0.05) is 13.7 Å². The third-order valence-corrected chi connectivity index (χ3v) is 4.71. The van der Waals surface area contributed by atoms with Gasteiger partial charge in [-0.05, 0) is 42.2 Å². The first-order valence-corrected chi connectivity index (χ1v) is 8.18. The van der Waals surface area contributed by atoms with E-state index in [1.54, 1.807) is 21.1 Å². The molecule has 1 aliphatic rings. The highest BCUT2D eigenvalue weighted by Crippen LogP contribution is 2.35. The van der Waals surface area contributed by atoms with Crippen molar-refractivity contribution in [2.24, 2.45) is 0 Å². The molecule has 0 aliphatic carbocycles. The Kier molecular flexibility index (Phi) is 4.86. The normalized spacial score (nSPS) is 18.0. The molecule has 24 heavy (non-hydrogen) atoms. The minimum absolute atomic E-state index is 0.0137. The minimum Gasteiger partial charge on any atom is -0.497 e. The van der Waals surface area contributed by atoms with Crippen LogP contribution in [0.3, 0.4) is 0 Å². The highest BCUT2D eigenvalue weighted by atomic mass is 16.5. The zero-order valence-electron chi connectivity index (χ0n) is 14.4. The second kappa shape index (κ2) is 7.05. The molecular formula is C20H23NO3. The summed E-state index contributed by atoms with van der Waals surface area (Å²) in [5.74, 6) is 0.832. The van der Waals surface area contributed by atoms with E-state index in [4.69, 9.17) is 9.47 Å². The third-order valence-electron chi connectivity index (χ3n) is 4.71. The molecule has 0 radical (unpaired) electrons. The molecule has 2 aromatic rings. The molecule has 1 aliphatic heterocycles. The van der Waals surface area contributed by atoms with E-state index in [2.05, 4.69) is 18.2 Å². The summed E-state index contributed by atoms with van der Waals surface area (Å²) < 4.78 is 10.6. The van der Waals surface area contributed by atoms with Crippen molar-refractivity contribution in [2.45, 2.75) is 32.0 Å². The summed E-state index contributed by atoms with van der Waals surface area (Å²) in [6.45, 7) is 2.37. The summed E-state index contributed by atoms with van der Waals surface area (Å²) >= 11 is 0. The van der Waals surface area contributed by atoms with E-state index >= 15 is 0 Å². The number of fused-ring (bicyclic) bond motifs is 1. The van der Waals surface area contributed by atoms with Crippen molar-refractivity contribution in [1.82, 2.24) is 4.90 Å². The first-order valence-electron chi connectivity index (χ1n) is 8.18. The third kappa shape index (κ3) is 3.15. The quantitative estimate of drug-likeness (QED) is 0.865. The highest BCUT2D eigenvalue weighted by molar-refractivity contribution is 5.81. The van der Waals surface area contributed by atoms with E-state index in [1.165, 1.54) is 5.56 Å². The van der Waals surface area contributed by atoms with Crippen LogP contribution < -0.4 is 4.74 Å². The maximum atomic E-state index is 12.8. The lowest BCUT2D eigenvalue weighted by atomic mass is 9.89. The SMILES string of the molecule is COc1ccc2c(c1)CN(C(=O)[C@H](C)OC)[C@@H](c1ccccc1)C2. The summed E-state index contributed by atoms with van der Waals surface area (Å²) in [5.41, 5.74) is 3.55. The summed E-state index contributed by atoms with van der Waals surface area (Å²) in [6.07, 6.45) is 0.342. The van der Waals surface area contributed by atoms with Gasteiger partial charge in [-0.15, -0.1) is 0 Å². The van der Waals surface area contributed by atoms with Crippen molar-refractivity contribution in [3.63, 3.8) is 0 Å². The van der Waals surface area contributed by atoms with E-state index < -0.39 is 6.10 Å². The molecule has 0 bridgehead atoms. The van der Waals surface area contributed by atoms with Crippen LogP contribution in [0.2, 0.25) is 0 Å². The van der Waals surface area contributed by atoms with Crippen LogP contribution in [-0.2, 0) is 22.5 Å². The van der Waals surface area contributed by atoms with Gasteiger partial charge >= 0.3 is 0 Å². The fraction of sp³-hybridized carbons (Fsp3) is 0.350. The summed E-state index contributed by atoms with van der Waals surface area (Å²) in [7, 11) is 3.23. The van der Waals surface area contributed by atoms with E-state index in [1.807, 2.05) is 35.2 Å². The van der Waals surface area contributed by atoms with Gasteiger partial charge in [-0.25, -0.2) is 0 Å². The van der Waals surface area contributed by atoms with Gasteiger partial charge in [0.15, 0.2) is 0 Å². The number of ether oxygens (including phenoxy) is 2. The number of amides is 1. The molecule has 0 saturated heterocycles. The molecule has 0 spiro atoms. The Bertz CT molecular complexity index is 714. The molecule has 2 atom stereocenters. The van der Waals surface area contributed by atoms with Crippen LogP contribution in [0.5, 0.6) is 5.75 Å². The zero-order chi connectivity index (χ0) is 17.1. The Morgan fingerprint density at radius 1 is 1.12 bits per heavy atom. The molecule has 0 saturated carbocycles. The van der Waals surface area contributed by atoms with Crippen molar-refractivity contribution < 1.29 is 14.3 Å². The molecule has 126 valence electrons. The fourth-order valence-corrected chi connectivity index (χ4v) is 3.23. The first-order chi connectivity index (χ1) is 11.6. The topological polar surface area (TPSA) is 38.8 Å². The Hall–Kier alpha value is -2.33. The molecule has 1 heterocycles. The summed E-state index contributed by atoms with van der Waals surface area (Å²) in [4.78, 5) is 14.8. The Morgan fingerprint density at radius 3 is 2.54 bits per heavy atom. The number of nitrogens with zero attached hydrogens (tertiary/aromatic N) is 1. The van der Waals surface area contributed by atoms with Gasteiger partial charge in [0.2, 0.25) is 0 Å². The second-order valence-electron chi connectivity index (χ2n) is 6.11. The van der Waals surface area contributed by atoms with Gasteiger partial charge in [0.25, 0.3) is 5.91 Å². The van der Waals surface area contributed by atoms with Crippen LogP contribution in [0.25, 0.3) is 0 Å². The Morgan fingerprint density at radius 2 is 1.88 bits per heavy atom. The Labute approximate surface area is 143 Å². The molecular weight excluding hydrogens is 302 g/mol. The van der Waals surface area contributed by atoms with Gasteiger partial charge < -0.3 is 14.4 Å². The largest absolute Gasteiger partial charge is 0.497 e. The maximum Gasteiger partial charge on any atom is 0.252 e. The lowest BCUT2D eigenvalue weighted by molar-refractivity contribution is -0.144. The number of hydrogen-bond donors (Lipinski definition) is 0. The van der Waals surface area contributed by atoms with Crippen molar-refractivity contribution >= 4 is 5.91 Å². The predicted octanol–water partition coefficient (Wildman–Crippen LogP) is 3.36. The molecule has 0 fully saturated rings. The van der Waals surface area contributed by atoms with Crippen molar-refractivity contribution in [3.05, 3.63) is 65.2 Å². The molecule has 4 heteroatoms. The van der Waals surface area contributed by atoms with E-state index in [9.17, 15) is 4.79 Å². The number of benzene rings is 2. The fourth-order valence-electron chi connectivity index (χ4n) is 3.23. The summed E-state index contributed by atoms with van der Waals surface area (Å²) in [6, 6.07) is 16.3. The number of hydrogen-bond acceptors (Lipinski definition) is 3. The zero-order valence-corrected chi connectivity index (χ0v) is 14.4. The van der Waals surface area contributed by atoms with Gasteiger partial charge in [0.1, 0.15) is 11.9 Å². The average molecular weight is 325 g/mol. The van der Waals surface area contributed by atoms with E-state index in [0.29, 0.717) is 6.54 Å². The van der Waals surface area contributed by atoms with Gasteiger partial charge in [-0.3, -0.25) is 4.79 Å². The van der Waals surface area contributed by atoms with Crippen LogP contribution in [0.1, 0.15) is 29.7 Å². The molecule has 0 unspecified atom stereocenters. The van der Waals surface area contributed by atoms with Crippen LogP contribution in [0.4, 0.5) is 0 Å². The van der Waals surface area contributed by atoms with Crippen LogP contribution in [0.15, 0.2) is 48.5 Å². The van der Waals surface area contributed by atoms with Crippen molar-refractivity contribution in [2.75, 3.05) is 14.2 Å². The van der Waals surface area contributed by atoms with Crippen LogP contribution in [-0.4, -0.2) is 31.1 Å². The number of rotatable bonds is 4. The number of methoxy groups -OCH3 is 2. The lowest BCUT2D eigenvalue weighted by Crippen LogP contribution is -2.43. The second-order valence-corrected chi connectivity index (χ2v) is 6.11. The minimum atomic E-state index is -0.455. The molecule has 2 aromatic carbocycles. The number of carbonyl (C=O) groups excluding carboxylic acids is 1. The predicted molar refractivity (Wildman–Crippen MR) is 92.9 cm³/mol. The van der Waals surface area contributed by atoms with Gasteiger partial charge in [0.05, 0.1) is 13.2 Å². The van der Waals surface area contributed by atoms with Crippen LogP contribution in [0, 0.1) is 0 Å². The van der Waals surface area contributed by atoms with Gasteiger partial charge in [-0.2, -0.15) is 0 Å².